The highest BCUT2D eigenvalue weighted by Gasteiger charge is 2.57. The number of nitrogens with zero attached hydrogens (tertiary/aromatic N) is 2. The number of halogens is 6. The van der Waals surface area contributed by atoms with Crippen LogP contribution in [-0.2, 0) is 16.3 Å². The second-order valence-electron chi connectivity index (χ2n) is 8.01. The first-order chi connectivity index (χ1) is 16.8. The molecule has 4 aromatic rings. The van der Waals surface area contributed by atoms with Gasteiger partial charge in [0.1, 0.15) is 5.15 Å². The Morgan fingerprint density at radius 2 is 1.67 bits per heavy atom. The number of pyridine rings is 2. The quantitative estimate of drug-likeness (QED) is 0.192. The Hall–Kier alpha value is -3.11. The number of sulfone groups is 1. The van der Waals surface area contributed by atoms with E-state index < -0.39 is 28.4 Å². The fraction of sp³-hybridized carbons (Fsp3) is 0.200. The predicted octanol–water partition coefficient (Wildman–Crippen LogP) is 7.15. The van der Waals surface area contributed by atoms with Crippen molar-refractivity contribution >= 4 is 32.2 Å². The van der Waals surface area contributed by atoms with E-state index in [1.54, 1.807) is 18.2 Å². The highest BCUT2D eigenvalue weighted by atomic mass is 35.5. The molecule has 0 N–H and O–H groups in total. The van der Waals surface area contributed by atoms with E-state index in [2.05, 4.69) is 9.97 Å². The molecule has 0 radical (unpaired) electrons. The Morgan fingerprint density at radius 1 is 0.917 bits per heavy atom. The normalized spacial score (nSPS) is 12.8. The van der Waals surface area contributed by atoms with E-state index in [-0.39, 0.29) is 38.0 Å². The maximum atomic E-state index is 14.0. The van der Waals surface area contributed by atoms with E-state index in [4.69, 9.17) is 11.6 Å². The van der Waals surface area contributed by atoms with E-state index in [0.29, 0.717) is 16.6 Å². The Kier molecular flexibility index (Phi) is 6.78. The first kappa shape index (κ1) is 26.0. The summed E-state index contributed by atoms with van der Waals surface area (Å²) in [5.41, 5.74) is 0.731. The molecule has 0 aliphatic carbocycles. The van der Waals surface area contributed by atoms with Gasteiger partial charge in [0.05, 0.1) is 22.0 Å². The van der Waals surface area contributed by atoms with Gasteiger partial charge in [-0.15, -0.1) is 0 Å². The predicted molar refractivity (Wildman–Crippen MR) is 128 cm³/mol. The first-order valence-corrected chi connectivity index (χ1v) is 12.7. The lowest BCUT2D eigenvalue weighted by molar-refractivity contribution is -0.281. The van der Waals surface area contributed by atoms with Gasteiger partial charge in [-0.3, -0.25) is 4.98 Å². The lowest BCUT2D eigenvalue weighted by Crippen LogP contribution is -2.38. The smallest absolute Gasteiger partial charge is 0.256 e. The summed E-state index contributed by atoms with van der Waals surface area (Å²) in [5.74, 6) is -5.16. The second kappa shape index (κ2) is 9.40. The average molecular weight is 541 g/mol. The van der Waals surface area contributed by atoms with Crippen molar-refractivity contribution < 1.29 is 30.4 Å². The number of rotatable bonds is 6. The van der Waals surface area contributed by atoms with Crippen molar-refractivity contribution in [1.29, 1.82) is 0 Å². The molecule has 0 aliphatic rings. The Labute approximate surface area is 208 Å². The van der Waals surface area contributed by atoms with Crippen LogP contribution in [0.1, 0.15) is 12.5 Å². The van der Waals surface area contributed by atoms with E-state index >= 15 is 0 Å². The second-order valence-corrected chi connectivity index (χ2v) is 10.6. The van der Waals surface area contributed by atoms with Gasteiger partial charge in [0, 0.05) is 23.7 Å². The van der Waals surface area contributed by atoms with Crippen LogP contribution in [0, 0.1) is 0 Å². The van der Waals surface area contributed by atoms with Crippen molar-refractivity contribution in [1.82, 2.24) is 9.97 Å². The molecule has 0 spiro atoms. The van der Waals surface area contributed by atoms with Crippen LogP contribution in [-0.4, -0.2) is 36.2 Å². The molecule has 2 aromatic heterocycles. The SMILES string of the molecule is CCS(=O)(=O)c1ccc(Cl)nc1-c1cc2cccc(CC(F)(F)C(F)(F)F)c2cc1-c1ccccn1. The van der Waals surface area contributed by atoms with Gasteiger partial charge >= 0.3 is 12.1 Å². The maximum Gasteiger partial charge on any atom is 0.453 e. The molecular formula is C25H18ClF5N2O2S. The van der Waals surface area contributed by atoms with Crippen LogP contribution >= 0.6 is 11.6 Å². The van der Waals surface area contributed by atoms with E-state index in [1.165, 1.54) is 55.6 Å². The van der Waals surface area contributed by atoms with Crippen molar-refractivity contribution in [2.45, 2.75) is 30.3 Å². The Bertz CT molecular complexity index is 1540. The molecule has 11 heteroatoms. The topological polar surface area (TPSA) is 59.9 Å². The number of hydrogen-bond acceptors (Lipinski definition) is 4. The summed E-state index contributed by atoms with van der Waals surface area (Å²) in [7, 11) is -3.76. The summed E-state index contributed by atoms with van der Waals surface area (Å²) in [6.45, 7) is 1.47. The molecule has 0 unspecified atom stereocenters. The zero-order valence-corrected chi connectivity index (χ0v) is 20.2. The lowest BCUT2D eigenvalue weighted by Gasteiger charge is -2.21. The molecule has 4 rings (SSSR count). The third-order valence-corrected chi connectivity index (χ3v) is 7.64. The zero-order valence-electron chi connectivity index (χ0n) is 18.7. The minimum Gasteiger partial charge on any atom is -0.256 e. The molecule has 0 saturated heterocycles. The number of fused-ring (bicyclic) bond motifs is 1. The zero-order chi connectivity index (χ0) is 26.3. The van der Waals surface area contributed by atoms with Gasteiger partial charge in [-0.25, -0.2) is 13.4 Å². The monoisotopic (exact) mass is 540 g/mol. The van der Waals surface area contributed by atoms with E-state index in [9.17, 15) is 30.4 Å². The van der Waals surface area contributed by atoms with Gasteiger partial charge in [0.15, 0.2) is 9.84 Å². The van der Waals surface area contributed by atoms with Crippen molar-refractivity contribution in [3.63, 3.8) is 0 Å². The van der Waals surface area contributed by atoms with Crippen LogP contribution in [0.4, 0.5) is 22.0 Å². The van der Waals surface area contributed by atoms with Gasteiger partial charge in [-0.05, 0) is 52.7 Å². The van der Waals surface area contributed by atoms with Crippen molar-refractivity contribution in [3.8, 4) is 22.5 Å². The molecule has 0 amide bonds. The number of hydrogen-bond donors (Lipinski definition) is 0. The fourth-order valence-electron chi connectivity index (χ4n) is 3.84. The molecule has 188 valence electrons. The van der Waals surface area contributed by atoms with Crippen LogP contribution in [0.3, 0.4) is 0 Å². The summed E-state index contributed by atoms with van der Waals surface area (Å²) in [6.07, 6.45) is -5.80. The summed E-state index contributed by atoms with van der Waals surface area (Å²) in [4.78, 5) is 8.44. The molecule has 2 aromatic carbocycles. The Balaban J connectivity index is 2.05. The van der Waals surface area contributed by atoms with Crippen molar-refractivity contribution in [2.24, 2.45) is 0 Å². The molecule has 2 heterocycles. The highest BCUT2D eigenvalue weighted by molar-refractivity contribution is 7.91. The molecule has 0 saturated carbocycles. The molecule has 0 atom stereocenters. The third-order valence-electron chi connectivity index (χ3n) is 5.67. The summed E-state index contributed by atoms with van der Waals surface area (Å²) in [5, 5.41) is 0.486. The Morgan fingerprint density at radius 3 is 2.31 bits per heavy atom. The number of benzene rings is 2. The van der Waals surface area contributed by atoms with Gasteiger partial charge < -0.3 is 0 Å². The largest absolute Gasteiger partial charge is 0.453 e. The average Bonchev–Trinajstić information content (AvgIpc) is 2.83. The van der Waals surface area contributed by atoms with Crippen LogP contribution in [0.2, 0.25) is 5.15 Å². The summed E-state index contributed by atoms with van der Waals surface area (Å²) < 4.78 is 92.4. The van der Waals surface area contributed by atoms with Gasteiger partial charge in [-0.1, -0.05) is 42.8 Å². The van der Waals surface area contributed by atoms with Crippen LogP contribution in [0.25, 0.3) is 33.3 Å². The molecule has 4 nitrogen and oxygen atoms in total. The molecular weight excluding hydrogens is 523 g/mol. The third kappa shape index (κ3) is 4.92. The molecule has 0 bridgehead atoms. The summed E-state index contributed by atoms with van der Waals surface area (Å²) in [6, 6.07) is 14.6. The highest BCUT2D eigenvalue weighted by Crippen LogP contribution is 2.42. The summed E-state index contributed by atoms with van der Waals surface area (Å²) >= 11 is 6.11. The van der Waals surface area contributed by atoms with Gasteiger partial charge in [0.25, 0.3) is 0 Å². The van der Waals surface area contributed by atoms with Crippen molar-refractivity contribution in [2.75, 3.05) is 5.75 Å². The molecule has 0 fully saturated rings. The van der Waals surface area contributed by atoms with Crippen LogP contribution in [0.5, 0.6) is 0 Å². The molecule has 0 aliphatic heterocycles. The standard InChI is InChI=1S/C25H18ClF5N2O2S/c1-2-36(34,35)21-9-10-22(26)33-23(21)19-12-15-6-5-7-16(14-24(27,28)25(29,30)31)17(15)13-18(19)20-8-3-4-11-32-20/h3-13H,2,14H2,1H3. The number of alkyl halides is 5. The minimum atomic E-state index is -5.72. The van der Waals surface area contributed by atoms with E-state index in [1.807, 2.05) is 0 Å². The van der Waals surface area contributed by atoms with Crippen LogP contribution < -0.4 is 0 Å². The van der Waals surface area contributed by atoms with Crippen LogP contribution in [0.15, 0.2) is 71.8 Å². The molecule has 36 heavy (non-hydrogen) atoms. The number of aromatic nitrogens is 2. The first-order valence-electron chi connectivity index (χ1n) is 10.7. The van der Waals surface area contributed by atoms with Crippen molar-refractivity contribution in [3.05, 3.63) is 77.6 Å². The maximum absolute atomic E-state index is 14.0. The van der Waals surface area contributed by atoms with E-state index in [0.717, 1.165) is 0 Å². The van der Waals surface area contributed by atoms with Gasteiger partial charge in [0.2, 0.25) is 0 Å². The van der Waals surface area contributed by atoms with Gasteiger partial charge in [-0.2, -0.15) is 22.0 Å². The fourth-order valence-corrected chi connectivity index (χ4v) is 5.02. The lowest BCUT2D eigenvalue weighted by atomic mass is 9.92. The minimum absolute atomic E-state index is 0.0192.